The van der Waals surface area contributed by atoms with E-state index in [0.29, 0.717) is 11.5 Å². The van der Waals surface area contributed by atoms with E-state index in [9.17, 15) is 4.79 Å². The molecule has 0 unspecified atom stereocenters. The number of morpholine rings is 1. The number of amides is 1. The van der Waals surface area contributed by atoms with Gasteiger partial charge in [0.2, 0.25) is 0 Å². The number of anilines is 1. The molecule has 0 aromatic heterocycles. The second kappa shape index (κ2) is 9.91. The van der Waals surface area contributed by atoms with Crippen LogP contribution in [0.2, 0.25) is 0 Å². The van der Waals surface area contributed by atoms with Crippen LogP contribution in [0.5, 0.6) is 11.5 Å². The summed E-state index contributed by atoms with van der Waals surface area (Å²) >= 11 is 5.70. The molecule has 1 saturated heterocycles. The highest BCUT2D eigenvalue weighted by Crippen LogP contribution is 2.29. The summed E-state index contributed by atoms with van der Waals surface area (Å²) in [4.78, 5) is 15.1. The van der Waals surface area contributed by atoms with Crippen LogP contribution in [0.1, 0.15) is 25.0 Å². The fourth-order valence-corrected chi connectivity index (χ4v) is 3.79. The number of aryl methyl sites for hydroxylation is 1. The molecule has 2 aromatic rings. The maximum absolute atomic E-state index is 12.2. The first-order valence-electron chi connectivity index (χ1n) is 9.98. The van der Waals surface area contributed by atoms with Crippen molar-refractivity contribution < 1.29 is 19.0 Å². The van der Waals surface area contributed by atoms with E-state index in [2.05, 4.69) is 10.2 Å². The number of nitrogens with zero attached hydrogens (tertiary/aromatic N) is 1. The summed E-state index contributed by atoms with van der Waals surface area (Å²) in [6, 6.07) is 13.1. The van der Waals surface area contributed by atoms with Gasteiger partial charge in [-0.3, -0.25) is 4.79 Å². The van der Waals surface area contributed by atoms with E-state index >= 15 is 0 Å². The standard InChI is InChI=1S/C23H28N2O4S/c1-15-6-5-7-19(10-15)24-22(26)14-28-20-9-8-18(11-21(20)27-4)23(30)25-12-16(2)29-17(3)13-25/h5-11,16-17H,12-14H2,1-4H3,(H,24,26)/t16-,17-/m0/s1. The first kappa shape index (κ1) is 22.1. The summed E-state index contributed by atoms with van der Waals surface area (Å²) in [5, 5.41) is 2.83. The molecule has 0 saturated carbocycles. The summed E-state index contributed by atoms with van der Waals surface area (Å²) in [5.74, 6) is 0.790. The highest BCUT2D eigenvalue weighted by Gasteiger charge is 2.25. The minimum Gasteiger partial charge on any atom is -0.493 e. The molecule has 7 heteroatoms. The van der Waals surface area contributed by atoms with Gasteiger partial charge in [0.05, 0.1) is 19.3 Å². The quantitative estimate of drug-likeness (QED) is 0.706. The summed E-state index contributed by atoms with van der Waals surface area (Å²) in [6.45, 7) is 7.45. The lowest BCUT2D eigenvalue weighted by atomic mass is 10.1. The summed E-state index contributed by atoms with van der Waals surface area (Å²) < 4.78 is 17.0. The zero-order valence-corrected chi connectivity index (χ0v) is 18.6. The number of methoxy groups -OCH3 is 1. The average molecular weight is 429 g/mol. The Bertz CT molecular complexity index is 908. The summed E-state index contributed by atoms with van der Waals surface area (Å²) in [6.07, 6.45) is 0.256. The fourth-order valence-electron chi connectivity index (χ4n) is 3.51. The van der Waals surface area contributed by atoms with Crippen LogP contribution in [0, 0.1) is 6.92 Å². The molecular weight excluding hydrogens is 400 g/mol. The maximum Gasteiger partial charge on any atom is 0.262 e. The molecule has 0 spiro atoms. The Labute approximate surface area is 183 Å². The summed E-state index contributed by atoms with van der Waals surface area (Å²) in [7, 11) is 1.57. The van der Waals surface area contributed by atoms with Gasteiger partial charge in [0.1, 0.15) is 4.99 Å². The van der Waals surface area contributed by atoms with E-state index in [1.54, 1.807) is 13.2 Å². The van der Waals surface area contributed by atoms with Crippen LogP contribution in [0.15, 0.2) is 42.5 Å². The van der Waals surface area contributed by atoms with E-state index in [-0.39, 0.29) is 24.7 Å². The first-order valence-corrected chi connectivity index (χ1v) is 10.4. The molecule has 1 aliphatic rings. The molecule has 2 aromatic carbocycles. The lowest BCUT2D eigenvalue weighted by Gasteiger charge is -2.37. The number of thiocarbonyl (C=S) groups is 1. The second-order valence-electron chi connectivity index (χ2n) is 7.54. The van der Waals surface area contributed by atoms with E-state index in [1.807, 2.05) is 57.2 Å². The highest BCUT2D eigenvalue weighted by atomic mass is 32.1. The molecule has 30 heavy (non-hydrogen) atoms. The van der Waals surface area contributed by atoms with Crippen molar-refractivity contribution in [1.82, 2.24) is 4.90 Å². The zero-order chi connectivity index (χ0) is 21.7. The minimum absolute atomic E-state index is 0.118. The third-order valence-electron chi connectivity index (χ3n) is 4.78. The van der Waals surface area contributed by atoms with Crippen molar-refractivity contribution in [1.29, 1.82) is 0 Å². The largest absolute Gasteiger partial charge is 0.493 e. The van der Waals surface area contributed by atoms with E-state index in [1.165, 1.54) is 0 Å². The SMILES string of the molecule is COc1cc(C(=S)N2C[C@H](C)O[C@@H](C)C2)ccc1OCC(=O)Nc1cccc(C)c1. The molecule has 0 aliphatic carbocycles. The summed E-state index contributed by atoms with van der Waals surface area (Å²) in [5.41, 5.74) is 2.69. The molecule has 0 radical (unpaired) electrons. The normalized spacial score (nSPS) is 18.6. The molecule has 1 N–H and O–H groups in total. The van der Waals surface area contributed by atoms with Crippen LogP contribution in [0.4, 0.5) is 5.69 Å². The van der Waals surface area contributed by atoms with Crippen LogP contribution in [-0.4, -0.2) is 54.8 Å². The van der Waals surface area contributed by atoms with E-state index in [4.69, 9.17) is 26.4 Å². The number of carbonyl (C=O) groups is 1. The van der Waals surface area contributed by atoms with Gasteiger partial charge < -0.3 is 24.4 Å². The Morgan fingerprint density at radius 1 is 1.17 bits per heavy atom. The molecule has 160 valence electrons. The van der Waals surface area contributed by atoms with Crippen molar-refractivity contribution in [3.63, 3.8) is 0 Å². The second-order valence-corrected chi connectivity index (χ2v) is 7.93. The lowest BCUT2D eigenvalue weighted by molar-refractivity contribution is -0.118. The van der Waals surface area contributed by atoms with Gasteiger partial charge >= 0.3 is 0 Å². The number of hydrogen-bond acceptors (Lipinski definition) is 5. The molecule has 3 rings (SSSR count). The van der Waals surface area contributed by atoms with Crippen molar-refractivity contribution in [2.24, 2.45) is 0 Å². The smallest absolute Gasteiger partial charge is 0.262 e. The number of hydrogen-bond donors (Lipinski definition) is 1. The van der Waals surface area contributed by atoms with Crippen LogP contribution < -0.4 is 14.8 Å². The average Bonchev–Trinajstić information content (AvgIpc) is 2.71. The van der Waals surface area contributed by atoms with Crippen LogP contribution in [-0.2, 0) is 9.53 Å². The monoisotopic (exact) mass is 428 g/mol. The number of ether oxygens (including phenoxy) is 3. The number of rotatable bonds is 6. The van der Waals surface area contributed by atoms with Gasteiger partial charge in [-0.2, -0.15) is 0 Å². The fraction of sp³-hybridized carbons (Fsp3) is 0.391. The van der Waals surface area contributed by atoms with Crippen LogP contribution in [0.3, 0.4) is 0 Å². The predicted molar refractivity (Wildman–Crippen MR) is 122 cm³/mol. The zero-order valence-electron chi connectivity index (χ0n) is 17.8. The van der Waals surface area contributed by atoms with Crippen molar-refractivity contribution in [2.75, 3.05) is 32.1 Å². The third-order valence-corrected chi connectivity index (χ3v) is 5.27. The van der Waals surface area contributed by atoms with Gasteiger partial charge in [-0.15, -0.1) is 0 Å². The Morgan fingerprint density at radius 3 is 2.57 bits per heavy atom. The van der Waals surface area contributed by atoms with Gasteiger partial charge in [-0.1, -0.05) is 24.4 Å². The topological polar surface area (TPSA) is 60.0 Å². The molecular formula is C23H28N2O4S. The highest BCUT2D eigenvalue weighted by molar-refractivity contribution is 7.80. The molecule has 1 fully saturated rings. The van der Waals surface area contributed by atoms with Crippen molar-refractivity contribution in [3.05, 3.63) is 53.6 Å². The van der Waals surface area contributed by atoms with Gasteiger partial charge in [-0.25, -0.2) is 0 Å². The van der Waals surface area contributed by atoms with Gasteiger partial charge in [-0.05, 0) is 56.7 Å². The Balaban J connectivity index is 1.64. The third kappa shape index (κ3) is 5.70. The number of carbonyl (C=O) groups excluding carboxylic acids is 1. The van der Waals surface area contributed by atoms with Crippen molar-refractivity contribution >= 4 is 28.8 Å². The van der Waals surface area contributed by atoms with Crippen molar-refractivity contribution in [3.8, 4) is 11.5 Å². The van der Waals surface area contributed by atoms with E-state index < -0.39 is 0 Å². The lowest BCUT2D eigenvalue weighted by Crippen LogP contribution is -2.47. The maximum atomic E-state index is 12.2. The van der Waals surface area contributed by atoms with Gasteiger partial charge in [0, 0.05) is 24.3 Å². The van der Waals surface area contributed by atoms with Crippen LogP contribution in [0.25, 0.3) is 0 Å². The Kier molecular flexibility index (Phi) is 7.29. The van der Waals surface area contributed by atoms with Crippen molar-refractivity contribution in [2.45, 2.75) is 33.0 Å². The number of benzene rings is 2. The van der Waals surface area contributed by atoms with E-state index in [0.717, 1.165) is 34.9 Å². The van der Waals surface area contributed by atoms with Crippen LogP contribution >= 0.6 is 12.2 Å². The minimum atomic E-state index is -0.237. The number of nitrogens with one attached hydrogen (secondary N) is 1. The van der Waals surface area contributed by atoms with Gasteiger partial charge in [0.15, 0.2) is 18.1 Å². The Morgan fingerprint density at radius 2 is 1.90 bits per heavy atom. The van der Waals surface area contributed by atoms with Gasteiger partial charge in [0.25, 0.3) is 5.91 Å². The molecule has 1 amide bonds. The molecule has 2 atom stereocenters. The predicted octanol–water partition coefficient (Wildman–Crippen LogP) is 3.81. The Hall–Kier alpha value is -2.64. The molecule has 1 aliphatic heterocycles. The first-order chi connectivity index (χ1) is 14.4. The molecule has 6 nitrogen and oxygen atoms in total. The molecule has 0 bridgehead atoms. The molecule has 1 heterocycles.